The molecular formula is C19H24ClN3O3. The first-order chi connectivity index (χ1) is 12.3. The zero-order valence-electron chi connectivity index (χ0n) is 15.6. The van der Waals surface area contributed by atoms with E-state index in [9.17, 15) is 4.79 Å². The average Bonchev–Trinajstić information content (AvgIpc) is 3.25. The Morgan fingerprint density at radius 2 is 2.08 bits per heavy atom. The Kier molecular flexibility index (Phi) is 5.53. The highest BCUT2D eigenvalue weighted by Crippen LogP contribution is 2.26. The van der Waals surface area contributed by atoms with Crippen molar-refractivity contribution < 1.29 is 14.1 Å². The van der Waals surface area contributed by atoms with Crippen molar-refractivity contribution in [3.05, 3.63) is 45.8 Å². The number of nitrogens with zero attached hydrogens (tertiary/aromatic N) is 3. The number of benzene rings is 1. The van der Waals surface area contributed by atoms with Gasteiger partial charge in [0.1, 0.15) is 12.4 Å². The number of likely N-dealkylation sites (tertiary alicyclic amines) is 1. The smallest absolute Gasteiger partial charge is 0.276 e. The van der Waals surface area contributed by atoms with E-state index in [-0.39, 0.29) is 18.6 Å². The highest BCUT2D eigenvalue weighted by Gasteiger charge is 2.28. The minimum atomic E-state index is -0.126. The number of hydrogen-bond acceptors (Lipinski definition) is 5. The number of hydrogen-bond donors (Lipinski definition) is 0. The maximum atomic E-state index is 12.6. The number of halogens is 1. The van der Waals surface area contributed by atoms with Gasteiger partial charge >= 0.3 is 0 Å². The number of aromatic nitrogens is 1. The van der Waals surface area contributed by atoms with Crippen LogP contribution in [-0.2, 0) is 6.61 Å². The summed E-state index contributed by atoms with van der Waals surface area (Å²) in [7, 11) is 3.88. The lowest BCUT2D eigenvalue weighted by Crippen LogP contribution is -2.38. The summed E-state index contributed by atoms with van der Waals surface area (Å²) in [5.74, 6) is 1.09. The van der Waals surface area contributed by atoms with Gasteiger partial charge in [0.05, 0.1) is 0 Å². The van der Waals surface area contributed by atoms with Crippen LogP contribution in [0.3, 0.4) is 0 Å². The molecule has 0 aliphatic carbocycles. The van der Waals surface area contributed by atoms with E-state index in [1.165, 1.54) is 0 Å². The van der Waals surface area contributed by atoms with Crippen molar-refractivity contribution in [2.24, 2.45) is 0 Å². The maximum absolute atomic E-state index is 12.6. The van der Waals surface area contributed by atoms with E-state index in [0.29, 0.717) is 17.2 Å². The summed E-state index contributed by atoms with van der Waals surface area (Å²) in [5.41, 5.74) is 2.22. The quantitative estimate of drug-likeness (QED) is 0.800. The molecule has 0 N–H and O–H groups in total. The molecule has 0 spiro atoms. The molecule has 1 unspecified atom stereocenters. The summed E-state index contributed by atoms with van der Waals surface area (Å²) in [4.78, 5) is 16.5. The van der Waals surface area contributed by atoms with Crippen molar-refractivity contribution in [2.45, 2.75) is 32.9 Å². The van der Waals surface area contributed by atoms with Crippen LogP contribution in [0.4, 0.5) is 0 Å². The van der Waals surface area contributed by atoms with Crippen LogP contribution < -0.4 is 4.74 Å². The summed E-state index contributed by atoms with van der Waals surface area (Å²) in [6.45, 7) is 5.95. The fourth-order valence-corrected chi connectivity index (χ4v) is 3.31. The molecule has 1 saturated heterocycles. The fraction of sp³-hybridized carbons (Fsp3) is 0.474. The van der Waals surface area contributed by atoms with Crippen molar-refractivity contribution in [1.29, 1.82) is 0 Å². The lowest BCUT2D eigenvalue weighted by Gasteiger charge is -2.23. The van der Waals surface area contributed by atoms with Crippen LogP contribution >= 0.6 is 11.6 Å². The largest absolute Gasteiger partial charge is 0.486 e. The number of likely N-dealkylation sites (N-methyl/N-ethyl adjacent to an activating group) is 2. The van der Waals surface area contributed by atoms with E-state index < -0.39 is 0 Å². The van der Waals surface area contributed by atoms with Crippen LogP contribution in [-0.4, -0.2) is 54.1 Å². The number of carbonyl (C=O) groups excluding carboxylic acids is 1. The van der Waals surface area contributed by atoms with Crippen molar-refractivity contribution in [1.82, 2.24) is 15.0 Å². The van der Waals surface area contributed by atoms with Crippen LogP contribution in [0, 0.1) is 13.8 Å². The molecule has 0 bridgehead atoms. The molecule has 1 fully saturated rings. The fourth-order valence-electron chi connectivity index (χ4n) is 3.20. The predicted octanol–water partition coefficient (Wildman–Crippen LogP) is 3.30. The van der Waals surface area contributed by atoms with Crippen LogP contribution in [0.1, 0.15) is 33.8 Å². The molecule has 3 rings (SSSR count). The first kappa shape index (κ1) is 18.7. The van der Waals surface area contributed by atoms with Crippen molar-refractivity contribution in [3.8, 4) is 5.75 Å². The van der Waals surface area contributed by atoms with Gasteiger partial charge in [-0.1, -0.05) is 16.8 Å². The molecule has 1 aliphatic rings. The molecule has 2 heterocycles. The highest BCUT2D eigenvalue weighted by atomic mass is 35.5. The monoisotopic (exact) mass is 377 g/mol. The summed E-state index contributed by atoms with van der Waals surface area (Å²) in [6.07, 6.45) is 0.974. The van der Waals surface area contributed by atoms with Gasteiger partial charge in [0.25, 0.3) is 5.91 Å². The molecule has 0 saturated carbocycles. The van der Waals surface area contributed by atoms with Gasteiger partial charge in [-0.25, -0.2) is 0 Å². The molecule has 0 radical (unpaired) electrons. The van der Waals surface area contributed by atoms with E-state index in [1.807, 2.05) is 33.0 Å². The van der Waals surface area contributed by atoms with Gasteiger partial charge in [0.15, 0.2) is 11.5 Å². The minimum Gasteiger partial charge on any atom is -0.486 e. The van der Waals surface area contributed by atoms with Gasteiger partial charge in [0, 0.05) is 30.7 Å². The second-order valence-electron chi connectivity index (χ2n) is 6.96. The van der Waals surface area contributed by atoms with Crippen LogP contribution in [0.5, 0.6) is 5.75 Å². The predicted molar refractivity (Wildman–Crippen MR) is 99.8 cm³/mol. The summed E-state index contributed by atoms with van der Waals surface area (Å²) < 4.78 is 11.0. The molecule has 1 amide bonds. The molecule has 1 aromatic carbocycles. The number of rotatable bonds is 5. The Labute approximate surface area is 158 Å². The third-order valence-electron chi connectivity index (χ3n) is 4.80. The number of amides is 1. The third kappa shape index (κ3) is 4.02. The van der Waals surface area contributed by atoms with Gasteiger partial charge in [-0.3, -0.25) is 4.79 Å². The van der Waals surface area contributed by atoms with Gasteiger partial charge in [0.2, 0.25) is 0 Å². The van der Waals surface area contributed by atoms with Crippen LogP contribution in [0.15, 0.2) is 22.7 Å². The van der Waals surface area contributed by atoms with Crippen molar-refractivity contribution in [2.75, 3.05) is 27.2 Å². The van der Waals surface area contributed by atoms with E-state index in [4.69, 9.17) is 20.9 Å². The molecule has 1 aromatic heterocycles. The van der Waals surface area contributed by atoms with Crippen molar-refractivity contribution in [3.63, 3.8) is 0 Å². The maximum Gasteiger partial charge on any atom is 0.276 e. The molecule has 26 heavy (non-hydrogen) atoms. The Bertz CT molecular complexity index is 782. The summed E-state index contributed by atoms with van der Waals surface area (Å²) in [6, 6.07) is 5.61. The number of carbonyl (C=O) groups is 1. The second kappa shape index (κ2) is 7.68. The first-order valence-corrected chi connectivity index (χ1v) is 9.03. The summed E-state index contributed by atoms with van der Waals surface area (Å²) >= 11 is 6.17. The van der Waals surface area contributed by atoms with E-state index in [2.05, 4.69) is 17.1 Å². The Hall–Kier alpha value is -2.05. The molecular weight excluding hydrogens is 354 g/mol. The molecule has 2 aromatic rings. The highest BCUT2D eigenvalue weighted by molar-refractivity contribution is 6.32. The zero-order valence-corrected chi connectivity index (χ0v) is 16.3. The second-order valence-corrected chi connectivity index (χ2v) is 7.34. The van der Waals surface area contributed by atoms with E-state index in [0.717, 1.165) is 35.7 Å². The van der Waals surface area contributed by atoms with Crippen LogP contribution in [0.25, 0.3) is 0 Å². The number of ether oxygens (including phenoxy) is 1. The standard InChI is InChI=1S/C19H24ClN3O3/c1-12-7-15(8-13(2)18(12)20)25-11-16-9-17(21-26-16)19(24)23(4)14-5-6-22(3)10-14/h7-9,14H,5-6,10-11H2,1-4H3. The third-order valence-corrected chi connectivity index (χ3v) is 5.40. The molecule has 7 heteroatoms. The molecule has 1 atom stereocenters. The lowest BCUT2D eigenvalue weighted by atomic mass is 10.1. The first-order valence-electron chi connectivity index (χ1n) is 8.66. The van der Waals surface area contributed by atoms with Gasteiger partial charge in [-0.15, -0.1) is 0 Å². The van der Waals surface area contributed by atoms with Gasteiger partial charge < -0.3 is 19.1 Å². The normalized spacial score (nSPS) is 17.5. The topological polar surface area (TPSA) is 58.8 Å². The summed E-state index contributed by atoms with van der Waals surface area (Å²) in [5, 5.41) is 4.65. The van der Waals surface area contributed by atoms with Gasteiger partial charge in [-0.05, 0) is 57.1 Å². The Balaban J connectivity index is 1.62. The van der Waals surface area contributed by atoms with Crippen LogP contribution in [0.2, 0.25) is 5.02 Å². The van der Waals surface area contributed by atoms with Gasteiger partial charge in [-0.2, -0.15) is 0 Å². The lowest BCUT2D eigenvalue weighted by molar-refractivity contribution is 0.0727. The molecule has 140 valence electrons. The van der Waals surface area contributed by atoms with E-state index in [1.54, 1.807) is 11.0 Å². The zero-order chi connectivity index (χ0) is 18.8. The minimum absolute atomic E-state index is 0.126. The Morgan fingerprint density at radius 3 is 2.69 bits per heavy atom. The Morgan fingerprint density at radius 1 is 1.38 bits per heavy atom. The van der Waals surface area contributed by atoms with Crippen molar-refractivity contribution >= 4 is 17.5 Å². The average molecular weight is 378 g/mol. The number of aryl methyl sites for hydroxylation is 2. The SMILES string of the molecule is Cc1cc(OCc2cc(C(=O)N(C)C3CCN(C)C3)no2)cc(C)c1Cl. The van der Waals surface area contributed by atoms with E-state index >= 15 is 0 Å². The molecule has 1 aliphatic heterocycles. The molecule has 6 nitrogen and oxygen atoms in total.